The second kappa shape index (κ2) is 8.74. The fourth-order valence-electron chi connectivity index (χ4n) is 2.53. The molecule has 0 aliphatic rings. The normalized spacial score (nSPS) is 12.4. The number of benzene rings is 2. The minimum atomic E-state index is -3.88. The number of carbonyl (C=O) groups is 1. The van der Waals surface area contributed by atoms with Crippen LogP contribution in [0.25, 0.3) is 0 Å². The molecular weight excluding hydrogens is 420 g/mol. The molecule has 0 spiro atoms. The maximum absolute atomic E-state index is 13.0. The number of hydrogen-bond acceptors (Lipinski definition) is 5. The zero-order valence-corrected chi connectivity index (χ0v) is 17.1. The molecule has 1 amide bonds. The summed E-state index contributed by atoms with van der Waals surface area (Å²) in [4.78, 5) is 13.0. The Balaban J connectivity index is 1.94. The first-order chi connectivity index (χ1) is 13.4. The fraction of sp³-hybridized carbons (Fsp3) is 0.105. The molecule has 6 nitrogen and oxygen atoms in total. The number of methoxy groups -OCH3 is 1. The van der Waals surface area contributed by atoms with Crippen LogP contribution in [-0.4, -0.2) is 21.4 Å². The zero-order valence-electron chi connectivity index (χ0n) is 14.8. The molecule has 0 unspecified atom stereocenters. The minimum absolute atomic E-state index is 0.126. The number of hydrogen-bond donors (Lipinski definition) is 2. The summed E-state index contributed by atoms with van der Waals surface area (Å²) >= 11 is 7.08. The predicted molar refractivity (Wildman–Crippen MR) is 110 cm³/mol. The summed E-state index contributed by atoms with van der Waals surface area (Å²) in [6, 6.07) is 15.4. The smallest absolute Gasteiger partial charge is 0.251 e. The molecule has 1 aromatic heterocycles. The van der Waals surface area contributed by atoms with Crippen molar-refractivity contribution in [3.8, 4) is 5.75 Å². The first kappa shape index (κ1) is 20.3. The number of amides is 1. The first-order valence-corrected chi connectivity index (χ1v) is 10.9. The molecule has 2 N–H and O–H groups in total. The van der Waals surface area contributed by atoms with Gasteiger partial charge in [-0.2, -0.15) is 4.72 Å². The van der Waals surface area contributed by atoms with Gasteiger partial charge in [-0.25, -0.2) is 8.42 Å². The van der Waals surface area contributed by atoms with E-state index in [2.05, 4.69) is 10.0 Å². The molecule has 0 fully saturated rings. The van der Waals surface area contributed by atoms with Gasteiger partial charge in [0.15, 0.2) is 0 Å². The quantitative estimate of drug-likeness (QED) is 0.584. The van der Waals surface area contributed by atoms with Gasteiger partial charge in [0.05, 0.1) is 12.8 Å². The van der Waals surface area contributed by atoms with Gasteiger partial charge in [-0.3, -0.25) is 4.79 Å². The van der Waals surface area contributed by atoms with E-state index in [-0.39, 0.29) is 4.21 Å². The summed E-state index contributed by atoms with van der Waals surface area (Å²) in [5, 5.41) is 4.76. The predicted octanol–water partition coefficient (Wildman–Crippen LogP) is 4.07. The highest BCUT2D eigenvalue weighted by Gasteiger charge is 2.28. The Morgan fingerprint density at radius 1 is 1.11 bits per heavy atom. The summed E-state index contributed by atoms with van der Waals surface area (Å²) < 4.78 is 33.2. The Labute approximate surface area is 172 Å². The summed E-state index contributed by atoms with van der Waals surface area (Å²) in [7, 11) is -2.41. The van der Waals surface area contributed by atoms with Gasteiger partial charge in [0.1, 0.15) is 16.0 Å². The Kier molecular flexibility index (Phi) is 6.35. The summed E-state index contributed by atoms with van der Waals surface area (Å²) in [6.07, 6.45) is 0. The van der Waals surface area contributed by atoms with Crippen LogP contribution in [-0.2, 0) is 14.8 Å². The molecule has 28 heavy (non-hydrogen) atoms. The van der Waals surface area contributed by atoms with Gasteiger partial charge in [0, 0.05) is 5.02 Å². The molecule has 1 atom stereocenters. The van der Waals surface area contributed by atoms with E-state index in [4.69, 9.17) is 16.3 Å². The Hall–Kier alpha value is -2.39. The van der Waals surface area contributed by atoms with Crippen LogP contribution in [0.2, 0.25) is 5.02 Å². The lowest BCUT2D eigenvalue weighted by Crippen LogP contribution is -2.36. The first-order valence-electron chi connectivity index (χ1n) is 8.16. The van der Waals surface area contributed by atoms with Crippen LogP contribution in [0.4, 0.5) is 5.69 Å². The van der Waals surface area contributed by atoms with Crippen LogP contribution in [0.3, 0.4) is 0 Å². The van der Waals surface area contributed by atoms with Crippen LogP contribution in [0.1, 0.15) is 11.6 Å². The van der Waals surface area contributed by atoms with Crippen molar-refractivity contribution in [1.29, 1.82) is 0 Å². The molecule has 2 aromatic carbocycles. The van der Waals surface area contributed by atoms with Crippen molar-refractivity contribution in [2.45, 2.75) is 10.3 Å². The molecule has 0 radical (unpaired) electrons. The van der Waals surface area contributed by atoms with Gasteiger partial charge in [-0.15, -0.1) is 11.3 Å². The zero-order chi connectivity index (χ0) is 20.1. The highest BCUT2D eigenvalue weighted by atomic mass is 35.5. The van der Waals surface area contributed by atoms with Crippen molar-refractivity contribution in [2.75, 3.05) is 12.4 Å². The number of halogens is 1. The molecule has 1 heterocycles. The van der Waals surface area contributed by atoms with Gasteiger partial charge in [0.2, 0.25) is 5.91 Å². The molecule has 3 aromatic rings. The number of nitrogens with one attached hydrogen (secondary N) is 2. The van der Waals surface area contributed by atoms with Crippen molar-refractivity contribution in [1.82, 2.24) is 4.72 Å². The lowest BCUT2D eigenvalue weighted by Gasteiger charge is -2.19. The second-order valence-corrected chi connectivity index (χ2v) is 9.06. The SMILES string of the molecule is COc1ccc(Cl)cc1NC(=O)[C@@H](NS(=O)(=O)c1cccs1)c1ccccc1. The fourth-order valence-corrected chi connectivity index (χ4v) is 4.90. The van der Waals surface area contributed by atoms with Crippen LogP contribution >= 0.6 is 22.9 Å². The van der Waals surface area contributed by atoms with Crippen LogP contribution in [0, 0.1) is 0 Å². The van der Waals surface area contributed by atoms with E-state index in [0.717, 1.165) is 11.3 Å². The lowest BCUT2D eigenvalue weighted by atomic mass is 10.1. The van der Waals surface area contributed by atoms with Gasteiger partial charge in [-0.05, 0) is 35.2 Å². The van der Waals surface area contributed by atoms with E-state index in [1.807, 2.05) is 0 Å². The van der Waals surface area contributed by atoms with Crippen molar-refractivity contribution in [3.63, 3.8) is 0 Å². The average Bonchev–Trinajstić information content (AvgIpc) is 3.23. The number of sulfonamides is 1. The van der Waals surface area contributed by atoms with Gasteiger partial charge < -0.3 is 10.1 Å². The second-order valence-electron chi connectivity index (χ2n) is 5.73. The van der Waals surface area contributed by atoms with E-state index in [1.54, 1.807) is 53.9 Å². The number of carbonyl (C=O) groups excluding carboxylic acids is 1. The lowest BCUT2D eigenvalue weighted by molar-refractivity contribution is -0.117. The highest BCUT2D eigenvalue weighted by Crippen LogP contribution is 2.29. The molecule has 0 saturated heterocycles. The van der Waals surface area contributed by atoms with E-state index < -0.39 is 22.0 Å². The van der Waals surface area contributed by atoms with Gasteiger partial charge >= 0.3 is 0 Å². The number of anilines is 1. The van der Waals surface area contributed by atoms with Gasteiger partial charge in [-0.1, -0.05) is 48.0 Å². The summed E-state index contributed by atoms with van der Waals surface area (Å²) in [5.74, 6) is -0.155. The summed E-state index contributed by atoms with van der Waals surface area (Å²) in [5.41, 5.74) is 0.845. The number of rotatable bonds is 7. The van der Waals surface area contributed by atoms with Crippen molar-refractivity contribution in [3.05, 3.63) is 76.6 Å². The van der Waals surface area contributed by atoms with Crippen molar-refractivity contribution < 1.29 is 17.9 Å². The van der Waals surface area contributed by atoms with Crippen molar-refractivity contribution >= 4 is 44.6 Å². The maximum Gasteiger partial charge on any atom is 0.251 e. The standard InChI is InChI=1S/C19H17ClN2O4S2/c1-26-16-10-9-14(20)12-15(16)21-19(23)18(13-6-3-2-4-7-13)22-28(24,25)17-8-5-11-27-17/h2-12,18,22H,1H3,(H,21,23)/t18-/m0/s1. The molecule has 0 aliphatic heterocycles. The number of thiophene rings is 1. The summed E-state index contributed by atoms with van der Waals surface area (Å²) in [6.45, 7) is 0. The molecule has 0 aliphatic carbocycles. The largest absolute Gasteiger partial charge is 0.495 e. The molecule has 0 bridgehead atoms. The molecule has 9 heteroatoms. The monoisotopic (exact) mass is 436 g/mol. The molecule has 146 valence electrons. The molecular formula is C19H17ClN2O4S2. The Morgan fingerprint density at radius 2 is 1.86 bits per heavy atom. The van der Waals surface area contributed by atoms with E-state index in [0.29, 0.717) is 22.0 Å². The van der Waals surface area contributed by atoms with Crippen LogP contribution in [0.15, 0.2) is 70.3 Å². The third-order valence-corrected chi connectivity index (χ3v) is 6.90. The van der Waals surface area contributed by atoms with Gasteiger partial charge in [0.25, 0.3) is 10.0 Å². The van der Waals surface area contributed by atoms with E-state index in [9.17, 15) is 13.2 Å². The average molecular weight is 437 g/mol. The third kappa shape index (κ3) is 4.71. The Bertz CT molecular complexity index is 1050. The van der Waals surface area contributed by atoms with Crippen LogP contribution < -0.4 is 14.8 Å². The van der Waals surface area contributed by atoms with E-state index in [1.165, 1.54) is 19.2 Å². The Morgan fingerprint density at radius 3 is 2.50 bits per heavy atom. The number of ether oxygens (including phenoxy) is 1. The minimum Gasteiger partial charge on any atom is -0.495 e. The van der Waals surface area contributed by atoms with E-state index >= 15 is 0 Å². The topological polar surface area (TPSA) is 84.5 Å². The van der Waals surface area contributed by atoms with Crippen LogP contribution in [0.5, 0.6) is 5.75 Å². The molecule has 0 saturated carbocycles. The maximum atomic E-state index is 13.0. The highest BCUT2D eigenvalue weighted by molar-refractivity contribution is 7.91. The third-order valence-electron chi connectivity index (χ3n) is 3.85. The molecule has 3 rings (SSSR count). The van der Waals surface area contributed by atoms with Crippen molar-refractivity contribution in [2.24, 2.45) is 0 Å².